The largest absolute Gasteiger partial charge is 0.320 e. The fourth-order valence-electron chi connectivity index (χ4n) is 4.41. The average molecular weight is 469 g/mol. The molecular formula is C31H24N4O. The minimum atomic E-state index is -0.223. The van der Waals surface area contributed by atoms with Gasteiger partial charge in [0.05, 0.1) is 17.1 Å². The summed E-state index contributed by atoms with van der Waals surface area (Å²) in [6.45, 7) is 4.10. The molecular weight excluding hydrogens is 444 g/mol. The van der Waals surface area contributed by atoms with Crippen LogP contribution in [0.25, 0.3) is 6.08 Å². The second-order valence-corrected chi connectivity index (χ2v) is 9.00. The molecule has 0 bridgehead atoms. The number of carbonyl (C=O) groups excluding carboxylic acids is 1. The molecule has 4 aromatic carbocycles. The summed E-state index contributed by atoms with van der Waals surface area (Å²) in [5.41, 5.74) is 7.60. The van der Waals surface area contributed by atoms with Crippen LogP contribution in [-0.2, 0) is 4.79 Å². The Balaban J connectivity index is 1.68. The Morgan fingerprint density at radius 3 is 1.97 bits per heavy atom. The van der Waals surface area contributed by atoms with Crippen molar-refractivity contribution < 1.29 is 4.79 Å². The van der Waals surface area contributed by atoms with Gasteiger partial charge in [-0.25, -0.2) is 9.98 Å². The Hall–Kier alpha value is -4.77. The molecule has 2 heterocycles. The fraction of sp³-hybridized carbons (Fsp3) is 0.0645. The lowest BCUT2D eigenvalue weighted by atomic mass is 10.1. The fourth-order valence-corrected chi connectivity index (χ4v) is 4.41. The van der Waals surface area contributed by atoms with E-state index in [0.717, 1.165) is 39.2 Å². The normalized spacial score (nSPS) is 15.6. The highest BCUT2D eigenvalue weighted by molar-refractivity contribution is 6.27. The predicted octanol–water partition coefficient (Wildman–Crippen LogP) is 6.77. The Labute approximate surface area is 210 Å². The molecule has 0 fully saturated rings. The van der Waals surface area contributed by atoms with Gasteiger partial charge in [0.25, 0.3) is 5.91 Å². The first kappa shape index (κ1) is 21.7. The third-order valence-electron chi connectivity index (χ3n) is 6.34. The lowest BCUT2D eigenvalue weighted by Crippen LogP contribution is -2.38. The number of aryl methyl sites for hydroxylation is 2. The number of benzene rings is 4. The van der Waals surface area contributed by atoms with E-state index in [0.29, 0.717) is 23.1 Å². The summed E-state index contributed by atoms with van der Waals surface area (Å²) >= 11 is 0. The van der Waals surface area contributed by atoms with Crippen molar-refractivity contribution in [1.29, 1.82) is 0 Å². The molecule has 4 aromatic rings. The molecule has 1 N–H and O–H groups in total. The van der Waals surface area contributed by atoms with Crippen LogP contribution in [0.4, 0.5) is 17.1 Å². The summed E-state index contributed by atoms with van der Waals surface area (Å²) < 4.78 is 0. The monoisotopic (exact) mass is 468 g/mol. The second-order valence-electron chi connectivity index (χ2n) is 9.00. The van der Waals surface area contributed by atoms with E-state index in [-0.39, 0.29) is 5.91 Å². The van der Waals surface area contributed by atoms with Crippen LogP contribution in [0.15, 0.2) is 113 Å². The van der Waals surface area contributed by atoms with Gasteiger partial charge in [0.1, 0.15) is 17.4 Å². The molecule has 5 nitrogen and oxygen atoms in total. The lowest BCUT2D eigenvalue weighted by molar-refractivity contribution is -0.113. The average Bonchev–Trinajstić information content (AvgIpc) is 3.12. The van der Waals surface area contributed by atoms with Crippen molar-refractivity contribution >= 4 is 40.7 Å². The summed E-state index contributed by atoms with van der Waals surface area (Å²) in [6.07, 6.45) is 1.90. The van der Waals surface area contributed by atoms with Crippen LogP contribution >= 0.6 is 0 Å². The summed E-state index contributed by atoms with van der Waals surface area (Å²) in [4.78, 5) is 25.9. The summed E-state index contributed by atoms with van der Waals surface area (Å²) in [5.74, 6) is 1.06. The van der Waals surface area contributed by atoms with Crippen molar-refractivity contribution in [2.24, 2.45) is 9.98 Å². The second kappa shape index (κ2) is 8.78. The van der Waals surface area contributed by atoms with Crippen LogP contribution in [0.3, 0.4) is 0 Å². The van der Waals surface area contributed by atoms with Gasteiger partial charge in [-0.05, 0) is 49.8 Å². The number of hydrogen-bond acceptors (Lipinski definition) is 4. The first-order valence-electron chi connectivity index (χ1n) is 11.9. The van der Waals surface area contributed by atoms with E-state index in [1.165, 1.54) is 0 Å². The Kier molecular flexibility index (Phi) is 5.30. The van der Waals surface area contributed by atoms with Gasteiger partial charge >= 0.3 is 0 Å². The van der Waals surface area contributed by atoms with Gasteiger partial charge in [-0.1, -0.05) is 83.9 Å². The van der Waals surface area contributed by atoms with Crippen molar-refractivity contribution in [2.75, 3.05) is 5.32 Å². The van der Waals surface area contributed by atoms with Crippen molar-refractivity contribution in [2.45, 2.75) is 13.8 Å². The quantitative estimate of drug-likeness (QED) is 0.330. The van der Waals surface area contributed by atoms with Gasteiger partial charge < -0.3 is 5.32 Å². The Morgan fingerprint density at radius 1 is 0.694 bits per heavy atom. The Morgan fingerprint density at radius 2 is 1.28 bits per heavy atom. The van der Waals surface area contributed by atoms with Crippen molar-refractivity contribution in [3.8, 4) is 0 Å². The van der Waals surface area contributed by atoms with Gasteiger partial charge in [-0.15, -0.1) is 0 Å². The minimum Gasteiger partial charge on any atom is -0.320 e. The molecule has 1 amide bonds. The van der Waals surface area contributed by atoms with Crippen LogP contribution in [0.2, 0.25) is 0 Å². The molecule has 0 radical (unpaired) electrons. The van der Waals surface area contributed by atoms with Crippen LogP contribution in [0.1, 0.15) is 27.8 Å². The maximum Gasteiger partial charge on any atom is 0.272 e. The molecule has 0 spiro atoms. The first-order chi connectivity index (χ1) is 17.6. The summed E-state index contributed by atoms with van der Waals surface area (Å²) in [7, 11) is 0. The molecule has 0 aliphatic carbocycles. The summed E-state index contributed by atoms with van der Waals surface area (Å²) in [6, 6.07) is 31.9. The highest BCUT2D eigenvalue weighted by Crippen LogP contribution is 2.37. The number of nitrogens with one attached hydrogen (secondary N) is 1. The smallest absolute Gasteiger partial charge is 0.272 e. The molecule has 6 rings (SSSR count). The lowest BCUT2D eigenvalue weighted by Gasteiger charge is -2.26. The number of para-hydroxylation sites is 3. The third kappa shape index (κ3) is 3.91. The maximum absolute atomic E-state index is 13.8. The van der Waals surface area contributed by atoms with E-state index in [4.69, 9.17) is 9.98 Å². The predicted molar refractivity (Wildman–Crippen MR) is 146 cm³/mol. The summed E-state index contributed by atoms with van der Waals surface area (Å²) in [5, 5.41) is 3.10. The SMILES string of the molecule is Cc1ccc(/C=C2\C(=O)Nc3ccccc3C3=Nc4ccccc4N=C(c4ccc(C)cc4)N32)cc1. The van der Waals surface area contributed by atoms with Gasteiger partial charge in [0.15, 0.2) is 0 Å². The van der Waals surface area contributed by atoms with Crippen LogP contribution < -0.4 is 5.32 Å². The zero-order chi connectivity index (χ0) is 24.6. The van der Waals surface area contributed by atoms with E-state index >= 15 is 0 Å². The van der Waals surface area contributed by atoms with Crippen LogP contribution in [-0.4, -0.2) is 22.5 Å². The van der Waals surface area contributed by atoms with E-state index in [9.17, 15) is 4.79 Å². The number of aliphatic imine (C=N–C) groups is 2. The topological polar surface area (TPSA) is 57.1 Å². The maximum atomic E-state index is 13.8. The minimum absolute atomic E-state index is 0.223. The zero-order valence-electron chi connectivity index (χ0n) is 20.1. The standard InChI is InChI=1S/C31H24N4O/c1-20-11-15-22(16-12-20)19-28-31(36)34-25-8-4-3-7-24(25)30-33-27-10-6-5-9-26(27)32-29(35(28)30)23-17-13-21(2)14-18-23/h3-19H,1-2H3,(H,34,36)/b28-19+. The van der Waals surface area contributed by atoms with Gasteiger partial charge in [-0.3, -0.25) is 9.69 Å². The van der Waals surface area contributed by atoms with Crippen molar-refractivity contribution in [1.82, 2.24) is 4.90 Å². The number of amides is 1. The molecule has 36 heavy (non-hydrogen) atoms. The van der Waals surface area contributed by atoms with Crippen LogP contribution in [0, 0.1) is 13.8 Å². The van der Waals surface area contributed by atoms with E-state index in [2.05, 4.69) is 24.4 Å². The Bertz CT molecular complexity index is 1580. The number of anilines is 1. The van der Waals surface area contributed by atoms with Gasteiger partial charge in [0, 0.05) is 11.1 Å². The first-order valence-corrected chi connectivity index (χ1v) is 11.9. The molecule has 0 saturated carbocycles. The van der Waals surface area contributed by atoms with Crippen LogP contribution in [0.5, 0.6) is 0 Å². The van der Waals surface area contributed by atoms with E-state index < -0.39 is 0 Å². The zero-order valence-corrected chi connectivity index (χ0v) is 20.1. The van der Waals surface area contributed by atoms with E-state index in [1.54, 1.807) is 0 Å². The van der Waals surface area contributed by atoms with E-state index in [1.807, 2.05) is 103 Å². The highest BCUT2D eigenvalue weighted by Gasteiger charge is 2.35. The molecule has 0 unspecified atom stereocenters. The van der Waals surface area contributed by atoms with Gasteiger partial charge in [0.2, 0.25) is 0 Å². The molecule has 2 aliphatic rings. The van der Waals surface area contributed by atoms with Gasteiger partial charge in [-0.2, -0.15) is 0 Å². The number of amidine groups is 2. The molecule has 174 valence electrons. The number of hydrogen-bond donors (Lipinski definition) is 1. The molecule has 0 atom stereocenters. The third-order valence-corrected chi connectivity index (χ3v) is 6.34. The molecule has 5 heteroatoms. The van der Waals surface area contributed by atoms with Crippen molar-refractivity contribution in [3.63, 3.8) is 0 Å². The molecule has 0 aromatic heterocycles. The number of fused-ring (bicyclic) bond motifs is 4. The van der Waals surface area contributed by atoms with Crippen molar-refractivity contribution in [3.05, 3.63) is 131 Å². The molecule has 2 aliphatic heterocycles. The number of rotatable bonds is 2. The number of nitrogens with zero attached hydrogens (tertiary/aromatic N) is 3. The highest BCUT2D eigenvalue weighted by atomic mass is 16.2. The number of carbonyl (C=O) groups is 1. The molecule has 0 saturated heterocycles.